The molecule has 0 fully saturated rings. The molecule has 0 aromatic carbocycles. The summed E-state index contributed by atoms with van der Waals surface area (Å²) in [4.78, 5) is 10.3. The van der Waals surface area contributed by atoms with Gasteiger partial charge in [-0.1, -0.05) is 17.7 Å². The molecule has 1 nitrogen and oxygen atoms in total. The normalized spacial score (nSPS) is 11.8. The Morgan fingerprint density at radius 1 is 1.55 bits per heavy atom. The van der Waals surface area contributed by atoms with Crippen molar-refractivity contribution in [3.63, 3.8) is 0 Å². The van der Waals surface area contributed by atoms with Crippen LogP contribution in [0.15, 0.2) is 24.3 Å². The van der Waals surface area contributed by atoms with Crippen molar-refractivity contribution in [3.05, 3.63) is 24.3 Å². The third kappa shape index (κ3) is 5.59. The highest BCUT2D eigenvalue weighted by Gasteiger charge is 1.98. The van der Waals surface area contributed by atoms with Gasteiger partial charge in [-0.25, -0.2) is 0 Å². The molecule has 1 unspecified atom stereocenters. The number of hydrogen-bond donors (Lipinski definition) is 0. The molecule has 0 saturated carbocycles. The van der Waals surface area contributed by atoms with Gasteiger partial charge in [0.25, 0.3) is 0 Å². The van der Waals surface area contributed by atoms with Crippen molar-refractivity contribution in [1.29, 1.82) is 0 Å². The van der Waals surface area contributed by atoms with Gasteiger partial charge in [0.05, 0.1) is 0 Å². The monoisotopic (exact) mass is 152 g/mol. The molecule has 1 heteroatoms. The molecular formula is C10H16O. The minimum atomic E-state index is 0.0330. The van der Waals surface area contributed by atoms with Crippen LogP contribution in [0.2, 0.25) is 0 Å². The molecule has 0 aliphatic rings. The maximum Gasteiger partial charge on any atom is 0.126 e. The first-order chi connectivity index (χ1) is 5.20. The van der Waals surface area contributed by atoms with Crippen molar-refractivity contribution in [2.24, 2.45) is 5.92 Å². The predicted octanol–water partition coefficient (Wildman–Crippen LogP) is 2.73. The van der Waals surface area contributed by atoms with E-state index in [1.807, 2.05) is 0 Å². The lowest BCUT2D eigenvalue weighted by Gasteiger charge is -2.00. The average molecular weight is 152 g/mol. The number of allylic oxidation sites excluding steroid dienone is 3. The van der Waals surface area contributed by atoms with Crippen molar-refractivity contribution in [2.75, 3.05) is 0 Å². The lowest BCUT2D eigenvalue weighted by atomic mass is 10.0. The zero-order valence-electron chi connectivity index (χ0n) is 7.34. The highest BCUT2D eigenvalue weighted by Crippen LogP contribution is 2.06. The molecule has 1 atom stereocenters. The van der Waals surface area contributed by atoms with Gasteiger partial charge in [-0.2, -0.15) is 0 Å². The van der Waals surface area contributed by atoms with Crippen LogP contribution in [0.5, 0.6) is 0 Å². The van der Waals surface area contributed by atoms with Gasteiger partial charge in [0.1, 0.15) is 6.29 Å². The lowest BCUT2D eigenvalue weighted by Crippen LogP contribution is -1.95. The van der Waals surface area contributed by atoms with Gasteiger partial charge in [-0.3, -0.25) is 0 Å². The molecule has 0 heterocycles. The number of carbonyl (C=O) groups is 1. The molecule has 0 radical (unpaired) electrons. The van der Waals surface area contributed by atoms with Crippen molar-refractivity contribution in [1.82, 2.24) is 0 Å². The Kier molecular flexibility index (Phi) is 5.44. The summed E-state index contributed by atoms with van der Waals surface area (Å²) in [7, 11) is 0. The number of rotatable bonds is 5. The number of hydrogen-bond acceptors (Lipinski definition) is 1. The Balaban J connectivity index is 3.59. The number of aldehydes is 1. The van der Waals surface area contributed by atoms with Gasteiger partial charge < -0.3 is 4.79 Å². The first-order valence-corrected chi connectivity index (χ1v) is 3.92. The molecule has 62 valence electrons. The van der Waals surface area contributed by atoms with E-state index in [0.717, 1.165) is 19.1 Å². The van der Waals surface area contributed by atoms with Crippen molar-refractivity contribution in [3.8, 4) is 0 Å². The Labute approximate surface area is 68.8 Å². The molecule has 0 saturated heterocycles. The summed E-state index contributed by atoms with van der Waals surface area (Å²) in [6, 6.07) is 0. The van der Waals surface area contributed by atoms with Crippen molar-refractivity contribution >= 4 is 6.29 Å². The first-order valence-electron chi connectivity index (χ1n) is 3.92. The number of carbonyl (C=O) groups excluding carboxylic acids is 1. The molecule has 0 aromatic rings. The molecule has 0 aliphatic heterocycles. The maximum atomic E-state index is 10.3. The fourth-order valence-corrected chi connectivity index (χ4v) is 0.806. The van der Waals surface area contributed by atoms with E-state index >= 15 is 0 Å². The van der Waals surface area contributed by atoms with Gasteiger partial charge in [-0.15, -0.1) is 6.58 Å². The Bertz CT molecular complexity index is 144. The third-order valence-electron chi connectivity index (χ3n) is 1.53. The van der Waals surface area contributed by atoms with E-state index < -0.39 is 0 Å². The van der Waals surface area contributed by atoms with Gasteiger partial charge in [0.15, 0.2) is 0 Å². The van der Waals surface area contributed by atoms with Crippen LogP contribution in [0.3, 0.4) is 0 Å². The van der Waals surface area contributed by atoms with Crippen LogP contribution < -0.4 is 0 Å². The van der Waals surface area contributed by atoms with Crippen molar-refractivity contribution < 1.29 is 4.79 Å². The Morgan fingerprint density at radius 2 is 2.18 bits per heavy atom. The maximum absolute atomic E-state index is 10.3. The summed E-state index contributed by atoms with van der Waals surface area (Å²) in [6.45, 7) is 7.70. The zero-order valence-corrected chi connectivity index (χ0v) is 7.34. The van der Waals surface area contributed by atoms with Crippen LogP contribution in [0.25, 0.3) is 0 Å². The van der Waals surface area contributed by atoms with E-state index in [4.69, 9.17) is 0 Å². The molecule has 0 rings (SSSR count). The van der Waals surface area contributed by atoms with E-state index in [0.29, 0.717) is 0 Å². The summed E-state index contributed by atoms with van der Waals surface area (Å²) in [5.41, 5.74) is 1.30. The second-order valence-electron chi connectivity index (χ2n) is 2.89. The Hall–Kier alpha value is -0.850. The minimum Gasteiger partial charge on any atom is -0.303 e. The van der Waals surface area contributed by atoms with Crippen LogP contribution in [0, 0.1) is 5.92 Å². The predicted molar refractivity (Wildman–Crippen MR) is 48.4 cm³/mol. The molecule has 0 bridgehead atoms. The molecule has 0 N–H and O–H groups in total. The first kappa shape index (κ1) is 10.2. The summed E-state index contributed by atoms with van der Waals surface area (Å²) in [6.07, 6.45) is 6.65. The van der Waals surface area contributed by atoms with E-state index in [2.05, 4.69) is 26.5 Å². The van der Waals surface area contributed by atoms with Gasteiger partial charge in [0.2, 0.25) is 0 Å². The van der Waals surface area contributed by atoms with E-state index in [9.17, 15) is 4.79 Å². The van der Waals surface area contributed by atoms with Crippen LogP contribution in [-0.2, 0) is 4.79 Å². The zero-order chi connectivity index (χ0) is 8.69. The molecular weight excluding hydrogens is 136 g/mol. The minimum absolute atomic E-state index is 0.0330. The molecule has 0 aromatic heterocycles. The van der Waals surface area contributed by atoms with Crippen LogP contribution in [0.4, 0.5) is 0 Å². The molecule has 0 amide bonds. The molecule has 0 aliphatic carbocycles. The fraction of sp³-hybridized carbons (Fsp3) is 0.500. The quantitative estimate of drug-likeness (QED) is 0.437. The molecule has 11 heavy (non-hydrogen) atoms. The standard InChI is InChI=1S/C10H16O/c1-4-10(8-11)7-5-6-9(2)3/h4,6,8,10H,1,5,7H2,2-3H3. The smallest absolute Gasteiger partial charge is 0.126 e. The van der Waals surface area contributed by atoms with Crippen LogP contribution in [0.1, 0.15) is 26.7 Å². The average Bonchev–Trinajstić information content (AvgIpc) is 1.98. The second kappa shape index (κ2) is 5.90. The van der Waals surface area contributed by atoms with Crippen molar-refractivity contribution in [2.45, 2.75) is 26.7 Å². The van der Waals surface area contributed by atoms with Gasteiger partial charge in [0, 0.05) is 5.92 Å². The SMILES string of the molecule is C=CC(C=O)CCC=C(C)C. The van der Waals surface area contributed by atoms with E-state index in [-0.39, 0.29) is 5.92 Å². The van der Waals surface area contributed by atoms with Gasteiger partial charge in [-0.05, 0) is 26.7 Å². The van der Waals surface area contributed by atoms with E-state index in [1.54, 1.807) is 6.08 Å². The van der Waals surface area contributed by atoms with E-state index in [1.165, 1.54) is 5.57 Å². The second-order valence-corrected chi connectivity index (χ2v) is 2.89. The summed E-state index contributed by atoms with van der Waals surface area (Å²) in [5.74, 6) is 0.0330. The van der Waals surface area contributed by atoms with Gasteiger partial charge >= 0.3 is 0 Å². The highest BCUT2D eigenvalue weighted by atomic mass is 16.1. The Morgan fingerprint density at radius 3 is 2.55 bits per heavy atom. The largest absolute Gasteiger partial charge is 0.303 e. The molecule has 0 spiro atoms. The summed E-state index contributed by atoms with van der Waals surface area (Å²) in [5, 5.41) is 0. The third-order valence-corrected chi connectivity index (χ3v) is 1.53. The lowest BCUT2D eigenvalue weighted by molar-refractivity contribution is -0.110. The van der Waals surface area contributed by atoms with Crippen LogP contribution >= 0.6 is 0 Å². The highest BCUT2D eigenvalue weighted by molar-refractivity contribution is 5.56. The topological polar surface area (TPSA) is 17.1 Å². The fourth-order valence-electron chi connectivity index (χ4n) is 0.806. The summed E-state index contributed by atoms with van der Waals surface area (Å²) >= 11 is 0. The summed E-state index contributed by atoms with van der Waals surface area (Å²) < 4.78 is 0. The van der Waals surface area contributed by atoms with Crippen LogP contribution in [-0.4, -0.2) is 6.29 Å².